The van der Waals surface area contributed by atoms with Crippen molar-refractivity contribution in [3.63, 3.8) is 0 Å². The summed E-state index contributed by atoms with van der Waals surface area (Å²) in [5.41, 5.74) is -1.99. The highest BCUT2D eigenvalue weighted by atomic mass is 19.4. The lowest BCUT2D eigenvalue weighted by Gasteiger charge is -2.26. The van der Waals surface area contributed by atoms with Crippen molar-refractivity contribution in [2.45, 2.75) is 39.0 Å². The van der Waals surface area contributed by atoms with Crippen LogP contribution in [0.4, 0.5) is 13.2 Å². The Labute approximate surface area is 216 Å². The lowest BCUT2D eigenvalue weighted by Crippen LogP contribution is -2.37. The van der Waals surface area contributed by atoms with E-state index in [1.807, 2.05) is 0 Å². The maximum Gasteiger partial charge on any atom is 0.433 e. The molecule has 0 aliphatic carbocycles. The van der Waals surface area contributed by atoms with Crippen LogP contribution in [0, 0.1) is 0 Å². The molecule has 1 aliphatic heterocycles. The average Bonchev–Trinajstić information content (AvgIpc) is 2.88. The van der Waals surface area contributed by atoms with Crippen molar-refractivity contribution in [3.8, 4) is 17.3 Å². The van der Waals surface area contributed by atoms with Crippen LogP contribution in [0.1, 0.15) is 26.0 Å². The zero-order valence-corrected chi connectivity index (χ0v) is 21.1. The number of hydrogen-bond acceptors (Lipinski definition) is 8. The van der Waals surface area contributed by atoms with Gasteiger partial charge in [0, 0.05) is 25.7 Å². The van der Waals surface area contributed by atoms with Gasteiger partial charge in [-0.05, 0) is 38.5 Å². The van der Waals surface area contributed by atoms with Crippen LogP contribution in [-0.2, 0) is 22.3 Å². The van der Waals surface area contributed by atoms with Crippen LogP contribution in [0.15, 0.2) is 35.3 Å². The number of morpholine rings is 1. The van der Waals surface area contributed by atoms with Crippen LogP contribution in [0.3, 0.4) is 0 Å². The first-order chi connectivity index (χ1) is 18.1. The van der Waals surface area contributed by atoms with Crippen LogP contribution >= 0.6 is 0 Å². The summed E-state index contributed by atoms with van der Waals surface area (Å²) in [4.78, 5) is 40.5. The van der Waals surface area contributed by atoms with E-state index in [0.29, 0.717) is 25.6 Å². The lowest BCUT2D eigenvalue weighted by molar-refractivity contribution is -0.141. The fourth-order valence-electron chi connectivity index (χ4n) is 4.04. The van der Waals surface area contributed by atoms with Crippen LogP contribution < -0.4 is 15.6 Å². The van der Waals surface area contributed by atoms with Gasteiger partial charge >= 0.3 is 6.18 Å². The van der Waals surface area contributed by atoms with Gasteiger partial charge in [0.05, 0.1) is 31.4 Å². The number of halogens is 3. The van der Waals surface area contributed by atoms with Gasteiger partial charge in [-0.2, -0.15) is 13.2 Å². The number of nitrogens with one attached hydrogen (secondary N) is 1. The van der Waals surface area contributed by atoms with Crippen molar-refractivity contribution in [2.75, 3.05) is 39.5 Å². The average molecular weight is 535 g/mol. The Hall–Kier alpha value is -3.58. The molecule has 1 aliphatic rings. The minimum Gasteiger partial charge on any atom is -0.492 e. The Kier molecular flexibility index (Phi) is 8.57. The molecule has 204 valence electrons. The molecule has 38 heavy (non-hydrogen) atoms. The molecule has 0 radical (unpaired) electrons. The van der Waals surface area contributed by atoms with Gasteiger partial charge in [-0.1, -0.05) is 6.07 Å². The van der Waals surface area contributed by atoms with E-state index in [4.69, 9.17) is 9.47 Å². The topological polar surface area (TPSA) is 111 Å². The zero-order chi connectivity index (χ0) is 27.3. The first kappa shape index (κ1) is 27.5. The van der Waals surface area contributed by atoms with Crippen molar-refractivity contribution < 1.29 is 27.4 Å². The van der Waals surface area contributed by atoms with Crippen LogP contribution in [0.5, 0.6) is 5.75 Å². The molecule has 1 amide bonds. The summed E-state index contributed by atoms with van der Waals surface area (Å²) in [6.45, 7) is 7.45. The number of amides is 1. The molecule has 3 aromatic heterocycles. The van der Waals surface area contributed by atoms with E-state index in [1.165, 1.54) is 24.4 Å². The predicted molar refractivity (Wildman–Crippen MR) is 133 cm³/mol. The third-order valence-corrected chi connectivity index (χ3v) is 5.80. The Balaban J connectivity index is 1.64. The second-order valence-electron chi connectivity index (χ2n) is 9.15. The number of alkyl halides is 3. The van der Waals surface area contributed by atoms with Crippen molar-refractivity contribution in [2.24, 2.45) is 0 Å². The third-order valence-electron chi connectivity index (χ3n) is 5.80. The molecule has 4 rings (SSSR count). The van der Waals surface area contributed by atoms with Crippen molar-refractivity contribution in [1.29, 1.82) is 0 Å². The molecular formula is C25H29F3N6O4. The molecular weight excluding hydrogens is 505 g/mol. The van der Waals surface area contributed by atoms with E-state index in [2.05, 4.69) is 25.2 Å². The number of carbonyl (C=O) groups excluding carboxylic acids is 1. The van der Waals surface area contributed by atoms with Crippen LogP contribution in [0.2, 0.25) is 0 Å². The van der Waals surface area contributed by atoms with Crippen LogP contribution in [-0.4, -0.2) is 75.8 Å². The fourth-order valence-corrected chi connectivity index (χ4v) is 4.04. The highest BCUT2D eigenvalue weighted by Gasteiger charge is 2.33. The number of ether oxygens (including phenoxy) is 2. The highest BCUT2D eigenvalue weighted by molar-refractivity contribution is 5.80. The molecule has 0 aromatic carbocycles. The molecule has 0 saturated carbocycles. The van der Waals surface area contributed by atoms with Gasteiger partial charge in [0.2, 0.25) is 5.91 Å². The standard InChI is InChI=1S/C25H29F3N6O4/c1-16(2)30-21(35)15-34-23(19-5-3-6-20(31-19)25(26,27)28)32-22-18(24(34)36)13-17(14-29-22)38-10-4-7-33-8-11-37-12-9-33/h3,5-6,13-14,16H,4,7-12,15H2,1-2H3,(H,30,35). The second-order valence-corrected chi connectivity index (χ2v) is 9.15. The first-order valence-electron chi connectivity index (χ1n) is 12.3. The Morgan fingerprint density at radius 1 is 1.21 bits per heavy atom. The molecule has 3 aromatic rings. The van der Waals surface area contributed by atoms with Crippen molar-refractivity contribution >= 4 is 16.9 Å². The molecule has 10 nitrogen and oxygen atoms in total. The minimum absolute atomic E-state index is 0.00500. The van der Waals surface area contributed by atoms with Gasteiger partial charge in [0.15, 0.2) is 11.5 Å². The Morgan fingerprint density at radius 3 is 2.68 bits per heavy atom. The SMILES string of the molecule is CC(C)NC(=O)Cn1c(-c2cccc(C(F)(F)F)n2)nc2ncc(OCCCN3CCOCC3)cc2c1=O. The fraction of sp³-hybridized carbons (Fsp3) is 0.480. The quantitative estimate of drug-likeness (QED) is 0.417. The Bertz CT molecular complexity index is 1340. The number of pyridine rings is 2. The first-order valence-corrected chi connectivity index (χ1v) is 12.3. The third kappa shape index (κ3) is 6.84. The summed E-state index contributed by atoms with van der Waals surface area (Å²) in [5, 5.41) is 2.75. The van der Waals surface area contributed by atoms with Crippen molar-refractivity contribution in [1.82, 2.24) is 29.7 Å². The zero-order valence-electron chi connectivity index (χ0n) is 21.1. The largest absolute Gasteiger partial charge is 0.492 e. The molecule has 1 N–H and O–H groups in total. The van der Waals surface area contributed by atoms with E-state index < -0.39 is 29.9 Å². The molecule has 13 heteroatoms. The lowest BCUT2D eigenvalue weighted by atomic mass is 10.2. The normalized spacial score (nSPS) is 14.7. The van der Waals surface area contributed by atoms with Crippen molar-refractivity contribution in [3.05, 3.63) is 46.5 Å². The summed E-state index contributed by atoms with van der Waals surface area (Å²) in [7, 11) is 0. The van der Waals surface area contributed by atoms with Crippen LogP contribution in [0.25, 0.3) is 22.6 Å². The van der Waals surface area contributed by atoms with E-state index in [-0.39, 0.29) is 28.6 Å². The molecule has 1 fully saturated rings. The number of rotatable bonds is 9. The second kappa shape index (κ2) is 11.9. The smallest absolute Gasteiger partial charge is 0.433 e. The molecule has 1 saturated heterocycles. The Morgan fingerprint density at radius 2 is 1.97 bits per heavy atom. The van der Waals surface area contributed by atoms with Gasteiger partial charge in [-0.3, -0.25) is 19.1 Å². The maximum atomic E-state index is 13.5. The van der Waals surface area contributed by atoms with E-state index in [0.717, 1.165) is 36.7 Å². The minimum atomic E-state index is -4.70. The van der Waals surface area contributed by atoms with E-state index >= 15 is 0 Å². The highest BCUT2D eigenvalue weighted by Crippen LogP contribution is 2.29. The molecule has 0 bridgehead atoms. The van der Waals surface area contributed by atoms with Gasteiger partial charge in [-0.25, -0.2) is 15.0 Å². The number of hydrogen-bond donors (Lipinski definition) is 1. The van der Waals surface area contributed by atoms with Gasteiger partial charge < -0.3 is 14.8 Å². The summed E-state index contributed by atoms with van der Waals surface area (Å²) in [6, 6.07) is 4.56. The number of carbonyl (C=O) groups is 1. The molecule has 0 atom stereocenters. The molecule has 0 unspecified atom stereocenters. The van der Waals surface area contributed by atoms with Gasteiger partial charge in [0.25, 0.3) is 5.56 Å². The number of nitrogens with zero attached hydrogens (tertiary/aromatic N) is 5. The summed E-state index contributed by atoms with van der Waals surface area (Å²) in [5.74, 6) is -0.347. The monoisotopic (exact) mass is 534 g/mol. The predicted octanol–water partition coefficient (Wildman–Crippen LogP) is 2.50. The molecule has 4 heterocycles. The number of fused-ring (bicyclic) bond motifs is 1. The summed E-state index contributed by atoms with van der Waals surface area (Å²) in [6.07, 6.45) is -2.53. The summed E-state index contributed by atoms with van der Waals surface area (Å²) < 4.78 is 52.0. The maximum absolute atomic E-state index is 13.5. The van der Waals surface area contributed by atoms with E-state index in [1.54, 1.807) is 13.8 Å². The van der Waals surface area contributed by atoms with Gasteiger partial charge in [-0.15, -0.1) is 0 Å². The summed E-state index contributed by atoms with van der Waals surface area (Å²) >= 11 is 0. The number of aromatic nitrogens is 4. The van der Waals surface area contributed by atoms with E-state index in [9.17, 15) is 22.8 Å². The molecule has 0 spiro atoms. The van der Waals surface area contributed by atoms with Gasteiger partial charge in [0.1, 0.15) is 23.7 Å².